The number of halogens is 1. The summed E-state index contributed by atoms with van der Waals surface area (Å²) in [6.07, 6.45) is 1.78. The molecule has 0 fully saturated rings. The third-order valence-corrected chi connectivity index (χ3v) is 4.29. The van der Waals surface area contributed by atoms with Crippen LogP contribution in [0.15, 0.2) is 43.5 Å². The number of thiazole rings is 1. The minimum absolute atomic E-state index is 0.0488. The first kappa shape index (κ1) is 11.1. The maximum atomic E-state index is 9.22. The SMILES string of the molecule is OCc1cc(Br)ccc1Sc1nccs1. The Bertz CT molecular complexity index is 445. The minimum atomic E-state index is 0.0488. The Morgan fingerprint density at radius 1 is 1.47 bits per heavy atom. The summed E-state index contributed by atoms with van der Waals surface area (Å²) in [4.78, 5) is 5.25. The standard InChI is InChI=1S/C10H8BrNOS2/c11-8-1-2-9(7(5-8)6-13)15-10-12-3-4-14-10/h1-5,13H,6H2. The highest BCUT2D eigenvalue weighted by Gasteiger charge is 2.05. The maximum absolute atomic E-state index is 9.22. The molecule has 78 valence electrons. The van der Waals surface area contributed by atoms with Crippen molar-refractivity contribution in [2.24, 2.45) is 0 Å². The lowest BCUT2D eigenvalue weighted by Crippen LogP contribution is -1.87. The second kappa shape index (κ2) is 5.12. The van der Waals surface area contributed by atoms with Crippen LogP contribution >= 0.6 is 39.0 Å². The van der Waals surface area contributed by atoms with E-state index in [2.05, 4.69) is 20.9 Å². The van der Waals surface area contributed by atoms with Gasteiger partial charge in [-0.05, 0) is 23.8 Å². The van der Waals surface area contributed by atoms with Crippen molar-refractivity contribution in [3.05, 3.63) is 39.8 Å². The van der Waals surface area contributed by atoms with Gasteiger partial charge in [0, 0.05) is 20.9 Å². The fourth-order valence-electron chi connectivity index (χ4n) is 1.13. The number of aliphatic hydroxyl groups is 1. The van der Waals surface area contributed by atoms with Gasteiger partial charge in [0.05, 0.1) is 6.61 Å². The van der Waals surface area contributed by atoms with Crippen LogP contribution in [0, 0.1) is 0 Å². The van der Waals surface area contributed by atoms with Crippen molar-refractivity contribution in [2.75, 3.05) is 0 Å². The number of nitrogens with zero attached hydrogens (tertiary/aromatic N) is 1. The summed E-state index contributed by atoms with van der Waals surface area (Å²) < 4.78 is 1.97. The molecule has 1 heterocycles. The third kappa shape index (κ3) is 2.81. The van der Waals surface area contributed by atoms with E-state index in [1.54, 1.807) is 29.3 Å². The molecule has 0 bridgehead atoms. The Morgan fingerprint density at radius 2 is 2.33 bits per heavy atom. The van der Waals surface area contributed by atoms with E-state index in [9.17, 15) is 5.11 Å². The van der Waals surface area contributed by atoms with Crippen LogP contribution in [0.3, 0.4) is 0 Å². The van der Waals surface area contributed by atoms with E-state index in [-0.39, 0.29) is 6.61 Å². The van der Waals surface area contributed by atoms with Gasteiger partial charge >= 0.3 is 0 Å². The number of hydrogen-bond acceptors (Lipinski definition) is 4. The lowest BCUT2D eigenvalue weighted by molar-refractivity contribution is 0.279. The Balaban J connectivity index is 2.28. The number of aliphatic hydroxyl groups excluding tert-OH is 1. The molecule has 0 aliphatic heterocycles. The molecular formula is C10H8BrNOS2. The van der Waals surface area contributed by atoms with E-state index < -0.39 is 0 Å². The van der Waals surface area contributed by atoms with Crippen LogP contribution in [0.5, 0.6) is 0 Å². The van der Waals surface area contributed by atoms with Crippen LogP contribution in [0.2, 0.25) is 0 Å². The van der Waals surface area contributed by atoms with E-state index in [0.717, 1.165) is 19.3 Å². The number of benzene rings is 1. The summed E-state index contributed by atoms with van der Waals surface area (Å²) in [5.41, 5.74) is 0.921. The molecule has 1 aromatic carbocycles. The van der Waals surface area contributed by atoms with Gasteiger partial charge in [-0.3, -0.25) is 0 Å². The molecule has 0 saturated carbocycles. The normalized spacial score (nSPS) is 10.5. The van der Waals surface area contributed by atoms with Crippen LogP contribution in [-0.4, -0.2) is 10.1 Å². The molecular weight excluding hydrogens is 294 g/mol. The Kier molecular flexibility index (Phi) is 3.80. The van der Waals surface area contributed by atoms with Crippen LogP contribution in [0.4, 0.5) is 0 Å². The van der Waals surface area contributed by atoms with Gasteiger partial charge in [0.15, 0.2) is 4.34 Å². The van der Waals surface area contributed by atoms with Gasteiger partial charge in [-0.1, -0.05) is 27.7 Å². The third-order valence-electron chi connectivity index (χ3n) is 1.80. The number of hydrogen-bond donors (Lipinski definition) is 1. The molecule has 5 heteroatoms. The maximum Gasteiger partial charge on any atom is 0.154 e. The highest BCUT2D eigenvalue weighted by atomic mass is 79.9. The van der Waals surface area contributed by atoms with Crippen LogP contribution in [-0.2, 0) is 6.61 Å². The molecule has 0 spiro atoms. The molecule has 0 aliphatic carbocycles. The van der Waals surface area contributed by atoms with E-state index >= 15 is 0 Å². The molecule has 2 nitrogen and oxygen atoms in total. The minimum Gasteiger partial charge on any atom is -0.392 e. The Morgan fingerprint density at radius 3 is 3.00 bits per heavy atom. The van der Waals surface area contributed by atoms with Crippen molar-refractivity contribution in [1.82, 2.24) is 4.98 Å². The van der Waals surface area contributed by atoms with Crippen LogP contribution in [0.25, 0.3) is 0 Å². The molecule has 0 aliphatic rings. The average Bonchev–Trinajstić information content (AvgIpc) is 2.73. The van der Waals surface area contributed by atoms with Gasteiger partial charge in [0.1, 0.15) is 0 Å². The first-order valence-corrected chi connectivity index (χ1v) is 6.75. The molecule has 0 atom stereocenters. The fourth-order valence-corrected chi connectivity index (χ4v) is 3.22. The van der Waals surface area contributed by atoms with Gasteiger partial charge in [0.2, 0.25) is 0 Å². The summed E-state index contributed by atoms with van der Waals surface area (Å²) in [7, 11) is 0. The molecule has 0 radical (unpaired) electrons. The number of rotatable bonds is 3. The molecule has 1 aromatic heterocycles. The molecule has 0 saturated heterocycles. The highest BCUT2D eigenvalue weighted by Crippen LogP contribution is 2.33. The predicted molar refractivity (Wildman–Crippen MR) is 66.3 cm³/mol. The largest absolute Gasteiger partial charge is 0.392 e. The summed E-state index contributed by atoms with van der Waals surface area (Å²) in [6.45, 7) is 0.0488. The molecule has 2 aromatic rings. The Labute approximate surface area is 104 Å². The van der Waals surface area contributed by atoms with Crippen LogP contribution in [0.1, 0.15) is 5.56 Å². The van der Waals surface area contributed by atoms with Crippen LogP contribution < -0.4 is 0 Å². The van der Waals surface area contributed by atoms with E-state index in [0.29, 0.717) is 0 Å². The van der Waals surface area contributed by atoms with Crippen molar-refractivity contribution in [1.29, 1.82) is 0 Å². The molecule has 2 rings (SSSR count). The van der Waals surface area contributed by atoms with Gasteiger partial charge in [-0.25, -0.2) is 4.98 Å². The van der Waals surface area contributed by atoms with Gasteiger partial charge in [-0.2, -0.15) is 0 Å². The zero-order valence-electron chi connectivity index (χ0n) is 7.68. The smallest absolute Gasteiger partial charge is 0.154 e. The topological polar surface area (TPSA) is 33.1 Å². The summed E-state index contributed by atoms with van der Waals surface area (Å²) >= 11 is 6.56. The first-order valence-electron chi connectivity index (χ1n) is 4.26. The highest BCUT2D eigenvalue weighted by molar-refractivity contribution is 9.10. The van der Waals surface area contributed by atoms with Gasteiger partial charge in [-0.15, -0.1) is 11.3 Å². The van der Waals surface area contributed by atoms with E-state index in [1.165, 1.54) is 0 Å². The zero-order valence-corrected chi connectivity index (χ0v) is 10.9. The van der Waals surface area contributed by atoms with Gasteiger partial charge < -0.3 is 5.11 Å². The quantitative estimate of drug-likeness (QED) is 0.941. The van der Waals surface area contributed by atoms with E-state index in [1.807, 2.05) is 23.6 Å². The lowest BCUT2D eigenvalue weighted by Gasteiger charge is -2.05. The first-order chi connectivity index (χ1) is 7.29. The predicted octanol–water partition coefficient (Wildman–Crippen LogP) is 3.55. The molecule has 15 heavy (non-hydrogen) atoms. The summed E-state index contributed by atoms with van der Waals surface area (Å²) in [5, 5.41) is 11.2. The van der Waals surface area contributed by atoms with Gasteiger partial charge in [0.25, 0.3) is 0 Å². The van der Waals surface area contributed by atoms with Crippen molar-refractivity contribution < 1.29 is 5.11 Å². The lowest BCUT2D eigenvalue weighted by atomic mass is 10.2. The summed E-state index contributed by atoms with van der Waals surface area (Å²) in [6, 6.07) is 5.88. The average molecular weight is 302 g/mol. The second-order valence-electron chi connectivity index (χ2n) is 2.81. The molecule has 0 unspecified atom stereocenters. The van der Waals surface area contributed by atoms with E-state index in [4.69, 9.17) is 0 Å². The molecule has 1 N–H and O–H groups in total. The fraction of sp³-hybridized carbons (Fsp3) is 0.100. The van der Waals surface area contributed by atoms with Crippen molar-refractivity contribution >= 4 is 39.0 Å². The summed E-state index contributed by atoms with van der Waals surface area (Å²) in [5.74, 6) is 0. The van der Waals surface area contributed by atoms with Crippen molar-refractivity contribution in [2.45, 2.75) is 15.8 Å². The Hall–Kier alpha value is -0.360. The second-order valence-corrected chi connectivity index (χ2v) is 5.91. The number of aromatic nitrogens is 1. The van der Waals surface area contributed by atoms with Crippen molar-refractivity contribution in [3.8, 4) is 0 Å². The monoisotopic (exact) mass is 301 g/mol. The van der Waals surface area contributed by atoms with Crippen molar-refractivity contribution in [3.63, 3.8) is 0 Å². The zero-order chi connectivity index (χ0) is 10.7. The molecule has 0 amide bonds.